The summed E-state index contributed by atoms with van der Waals surface area (Å²) in [4.78, 5) is 28.8. The summed E-state index contributed by atoms with van der Waals surface area (Å²) in [5.74, 6) is -1.59. The van der Waals surface area contributed by atoms with Gasteiger partial charge < -0.3 is 10.2 Å². The predicted octanol–water partition coefficient (Wildman–Crippen LogP) is 4.93. The van der Waals surface area contributed by atoms with Gasteiger partial charge in [0.2, 0.25) is 11.8 Å². The number of hydrogen-bond acceptors (Lipinski definition) is 4. The molecule has 212 valence electrons. The molecule has 0 radical (unpaired) electrons. The van der Waals surface area contributed by atoms with Gasteiger partial charge in [0.05, 0.1) is 10.6 Å². The van der Waals surface area contributed by atoms with Gasteiger partial charge in [0, 0.05) is 12.6 Å². The molecule has 9 heteroatoms. The van der Waals surface area contributed by atoms with E-state index < -0.39 is 34.3 Å². The summed E-state index contributed by atoms with van der Waals surface area (Å²) in [6.07, 6.45) is 4.73. The number of sulfonamides is 1. The third-order valence-electron chi connectivity index (χ3n) is 7.30. The van der Waals surface area contributed by atoms with E-state index in [1.807, 2.05) is 37.3 Å². The van der Waals surface area contributed by atoms with Crippen LogP contribution >= 0.6 is 0 Å². The van der Waals surface area contributed by atoms with Crippen molar-refractivity contribution in [3.63, 3.8) is 0 Å². The van der Waals surface area contributed by atoms with Gasteiger partial charge in [-0.3, -0.25) is 13.9 Å². The van der Waals surface area contributed by atoms with Gasteiger partial charge in [-0.1, -0.05) is 80.4 Å². The molecule has 1 atom stereocenters. The molecule has 1 fully saturated rings. The van der Waals surface area contributed by atoms with Crippen molar-refractivity contribution < 1.29 is 22.4 Å². The molecule has 2 amide bonds. The SMILES string of the molecule is CCC(C(=O)NC1CCCC1)N(CCc1ccccc1)C(=O)CN(c1ccccc1F)S(=O)(=O)c1ccccc1. The number of hydrogen-bond donors (Lipinski definition) is 1. The number of nitrogens with zero attached hydrogens (tertiary/aromatic N) is 2. The zero-order chi connectivity index (χ0) is 28.5. The number of nitrogens with one attached hydrogen (secondary N) is 1. The van der Waals surface area contributed by atoms with Crippen LogP contribution in [0.25, 0.3) is 0 Å². The maximum atomic E-state index is 15.0. The lowest BCUT2D eigenvalue weighted by Gasteiger charge is -2.33. The van der Waals surface area contributed by atoms with Crippen LogP contribution in [-0.4, -0.2) is 50.3 Å². The zero-order valence-corrected chi connectivity index (χ0v) is 23.5. The minimum absolute atomic E-state index is 0.0621. The Kier molecular flexibility index (Phi) is 9.93. The van der Waals surface area contributed by atoms with Crippen LogP contribution in [0, 0.1) is 5.82 Å². The number of halogens is 1. The molecule has 0 saturated heterocycles. The zero-order valence-electron chi connectivity index (χ0n) is 22.7. The van der Waals surface area contributed by atoms with Crippen molar-refractivity contribution >= 4 is 27.5 Å². The third kappa shape index (κ3) is 7.07. The highest BCUT2D eigenvalue weighted by molar-refractivity contribution is 7.92. The van der Waals surface area contributed by atoms with Crippen LogP contribution in [0.15, 0.2) is 89.8 Å². The minimum Gasteiger partial charge on any atom is -0.352 e. The number of anilines is 1. The van der Waals surface area contributed by atoms with Crippen LogP contribution in [0.1, 0.15) is 44.6 Å². The molecule has 7 nitrogen and oxygen atoms in total. The third-order valence-corrected chi connectivity index (χ3v) is 9.08. The molecular weight excluding hydrogens is 529 g/mol. The van der Waals surface area contributed by atoms with E-state index >= 15 is 0 Å². The maximum absolute atomic E-state index is 15.0. The van der Waals surface area contributed by atoms with Crippen molar-refractivity contribution in [3.05, 3.63) is 96.3 Å². The van der Waals surface area contributed by atoms with Crippen molar-refractivity contribution in [2.45, 2.75) is 62.4 Å². The van der Waals surface area contributed by atoms with Crippen LogP contribution in [0.3, 0.4) is 0 Å². The van der Waals surface area contributed by atoms with Crippen molar-refractivity contribution in [1.82, 2.24) is 10.2 Å². The Balaban J connectivity index is 1.67. The van der Waals surface area contributed by atoms with Crippen LogP contribution < -0.4 is 9.62 Å². The molecule has 1 unspecified atom stereocenters. The molecule has 3 aromatic carbocycles. The molecule has 1 aliphatic carbocycles. The van der Waals surface area contributed by atoms with Crippen LogP contribution in [0.2, 0.25) is 0 Å². The Morgan fingerprint density at radius 1 is 0.925 bits per heavy atom. The Labute approximate surface area is 236 Å². The average molecular weight is 566 g/mol. The van der Waals surface area contributed by atoms with Crippen molar-refractivity contribution in [2.75, 3.05) is 17.4 Å². The first-order chi connectivity index (χ1) is 19.3. The van der Waals surface area contributed by atoms with E-state index in [1.54, 1.807) is 18.2 Å². The van der Waals surface area contributed by atoms with Gasteiger partial charge in [-0.05, 0) is 55.5 Å². The van der Waals surface area contributed by atoms with Gasteiger partial charge in [0.25, 0.3) is 10.0 Å². The summed E-state index contributed by atoms with van der Waals surface area (Å²) >= 11 is 0. The van der Waals surface area contributed by atoms with Crippen LogP contribution in [-0.2, 0) is 26.0 Å². The van der Waals surface area contributed by atoms with E-state index in [1.165, 1.54) is 35.2 Å². The molecular formula is C31H36FN3O4S. The summed E-state index contributed by atoms with van der Waals surface area (Å²) in [7, 11) is -4.30. The largest absolute Gasteiger partial charge is 0.352 e. The van der Waals surface area contributed by atoms with Gasteiger partial charge in [-0.15, -0.1) is 0 Å². The second-order valence-corrected chi connectivity index (χ2v) is 11.9. The minimum atomic E-state index is -4.30. The summed E-state index contributed by atoms with van der Waals surface area (Å²) in [6.45, 7) is 1.38. The topological polar surface area (TPSA) is 86.8 Å². The average Bonchev–Trinajstić information content (AvgIpc) is 3.48. The standard InChI is InChI=1S/C31H36FN3O4S/c1-2-28(31(37)33-25-15-9-10-16-25)34(22-21-24-13-5-3-6-14-24)30(36)23-35(29-20-12-11-19-27(29)32)40(38,39)26-17-7-4-8-18-26/h3-8,11-14,17-20,25,28H,2,9-10,15-16,21-23H2,1H3,(H,33,37). The fourth-order valence-corrected chi connectivity index (χ4v) is 6.59. The van der Waals surface area contributed by atoms with Crippen molar-refractivity contribution in [3.8, 4) is 0 Å². The van der Waals surface area contributed by atoms with Gasteiger partial charge in [0.15, 0.2) is 0 Å². The lowest BCUT2D eigenvalue weighted by molar-refractivity contribution is -0.139. The first-order valence-electron chi connectivity index (χ1n) is 13.8. The first-order valence-corrected chi connectivity index (χ1v) is 15.2. The number of para-hydroxylation sites is 1. The fraction of sp³-hybridized carbons (Fsp3) is 0.355. The van der Waals surface area contributed by atoms with E-state index in [9.17, 15) is 22.4 Å². The smallest absolute Gasteiger partial charge is 0.264 e. The van der Waals surface area contributed by atoms with E-state index in [2.05, 4.69) is 5.32 Å². The molecule has 3 aromatic rings. The van der Waals surface area contributed by atoms with Crippen molar-refractivity contribution in [2.24, 2.45) is 0 Å². The Bertz CT molecular complexity index is 1380. The lowest BCUT2D eigenvalue weighted by atomic mass is 10.1. The quantitative estimate of drug-likeness (QED) is 0.338. The normalized spacial score (nSPS) is 14.4. The van der Waals surface area contributed by atoms with E-state index in [4.69, 9.17) is 0 Å². The van der Waals surface area contributed by atoms with E-state index in [0.717, 1.165) is 41.6 Å². The summed E-state index contributed by atoms with van der Waals surface area (Å²) < 4.78 is 43.3. The first kappa shape index (κ1) is 29.3. The molecule has 0 heterocycles. The molecule has 1 aliphatic rings. The van der Waals surface area contributed by atoms with Gasteiger partial charge in [-0.25, -0.2) is 12.8 Å². The van der Waals surface area contributed by atoms with Crippen LogP contribution in [0.4, 0.5) is 10.1 Å². The molecule has 0 aliphatic heterocycles. The van der Waals surface area contributed by atoms with E-state index in [-0.39, 0.29) is 29.1 Å². The summed E-state index contributed by atoms with van der Waals surface area (Å²) in [6, 6.07) is 22.0. The highest BCUT2D eigenvalue weighted by atomic mass is 32.2. The number of carbonyl (C=O) groups is 2. The second kappa shape index (κ2) is 13.6. The number of benzene rings is 3. The number of rotatable bonds is 12. The lowest BCUT2D eigenvalue weighted by Crippen LogP contribution is -2.54. The maximum Gasteiger partial charge on any atom is 0.264 e. The van der Waals surface area contributed by atoms with Gasteiger partial charge in [0.1, 0.15) is 18.4 Å². The molecule has 1 saturated carbocycles. The number of amides is 2. The number of carbonyl (C=O) groups excluding carboxylic acids is 2. The van der Waals surface area contributed by atoms with Crippen LogP contribution in [0.5, 0.6) is 0 Å². The second-order valence-electron chi connectivity index (χ2n) is 10.0. The summed E-state index contributed by atoms with van der Waals surface area (Å²) in [5, 5.41) is 3.09. The fourth-order valence-electron chi connectivity index (χ4n) is 5.15. The highest BCUT2D eigenvalue weighted by Crippen LogP contribution is 2.27. The predicted molar refractivity (Wildman–Crippen MR) is 154 cm³/mol. The van der Waals surface area contributed by atoms with Crippen molar-refractivity contribution in [1.29, 1.82) is 0 Å². The Hall–Kier alpha value is -3.72. The molecule has 1 N–H and O–H groups in total. The van der Waals surface area contributed by atoms with Gasteiger partial charge in [-0.2, -0.15) is 0 Å². The molecule has 0 bridgehead atoms. The molecule has 4 rings (SSSR count). The highest BCUT2D eigenvalue weighted by Gasteiger charge is 2.35. The van der Waals surface area contributed by atoms with E-state index in [0.29, 0.717) is 12.8 Å². The molecule has 0 spiro atoms. The summed E-state index contributed by atoms with van der Waals surface area (Å²) in [5.41, 5.74) is 0.750. The Morgan fingerprint density at radius 3 is 2.15 bits per heavy atom. The Morgan fingerprint density at radius 2 is 1.52 bits per heavy atom. The molecule has 40 heavy (non-hydrogen) atoms. The van der Waals surface area contributed by atoms with Gasteiger partial charge >= 0.3 is 0 Å². The monoisotopic (exact) mass is 565 g/mol. The molecule has 0 aromatic heterocycles.